The monoisotopic (exact) mass is 310 g/mol. The first-order valence-electron chi connectivity index (χ1n) is 5.91. The predicted molar refractivity (Wildman–Crippen MR) is 70.8 cm³/mol. The average Bonchev–Trinajstić information content (AvgIpc) is 2.16. The minimum Gasteiger partial charge on any atom is -0.287 e. The molecule has 0 aliphatic heterocycles. The molecule has 0 rings (SSSR count). The van der Waals surface area contributed by atoms with Crippen LogP contribution in [-0.4, -0.2) is 3.79 Å². The molecule has 2 heteroatoms. The highest BCUT2D eigenvalue weighted by atomic mass is 127. The van der Waals surface area contributed by atoms with Gasteiger partial charge in [-0.05, 0) is 35.4 Å². The molecule has 1 nitrogen and oxygen atoms in total. The predicted octanol–water partition coefficient (Wildman–Crippen LogP) is 4.72. The molecule has 0 heterocycles. The topological polar surface area (TPSA) is 17.1 Å². The summed E-state index contributed by atoms with van der Waals surface area (Å²) in [5, 5.41) is 0. The van der Waals surface area contributed by atoms with Gasteiger partial charge >= 0.3 is 0 Å². The van der Waals surface area contributed by atoms with E-state index in [9.17, 15) is 4.79 Å². The highest BCUT2D eigenvalue weighted by Gasteiger charge is 2.13. The fraction of sp³-hybridized carbons (Fsp3) is 0.917. The summed E-state index contributed by atoms with van der Waals surface area (Å²) in [5.74, 6) is 0.340. The Kier molecular flexibility index (Phi) is 10.2. The van der Waals surface area contributed by atoms with Crippen LogP contribution in [0.25, 0.3) is 0 Å². The van der Waals surface area contributed by atoms with Crippen LogP contribution in [0.4, 0.5) is 0 Å². The Labute approximate surface area is 102 Å². The van der Waals surface area contributed by atoms with Gasteiger partial charge in [0, 0.05) is 5.92 Å². The molecule has 0 bridgehead atoms. The Morgan fingerprint density at radius 2 is 1.57 bits per heavy atom. The Hall–Kier alpha value is 0.400. The minimum atomic E-state index is 0.340. The van der Waals surface area contributed by atoms with E-state index in [2.05, 4.69) is 13.8 Å². The molecule has 14 heavy (non-hydrogen) atoms. The van der Waals surface area contributed by atoms with Crippen molar-refractivity contribution in [2.75, 3.05) is 0 Å². The Morgan fingerprint density at radius 1 is 1.00 bits per heavy atom. The van der Waals surface area contributed by atoms with E-state index in [-0.39, 0.29) is 0 Å². The molecule has 0 aromatic carbocycles. The molecule has 0 saturated carbocycles. The molecular formula is C12H23IO. The maximum atomic E-state index is 11.3. The lowest BCUT2D eigenvalue weighted by molar-refractivity contribution is -0.113. The van der Waals surface area contributed by atoms with Gasteiger partial charge in [-0.15, -0.1) is 0 Å². The van der Waals surface area contributed by atoms with Crippen LogP contribution in [0.3, 0.4) is 0 Å². The van der Waals surface area contributed by atoms with Gasteiger partial charge in [0.2, 0.25) is 0 Å². The van der Waals surface area contributed by atoms with Crippen LogP contribution >= 0.6 is 22.6 Å². The van der Waals surface area contributed by atoms with E-state index in [4.69, 9.17) is 0 Å². The third kappa shape index (κ3) is 7.77. The van der Waals surface area contributed by atoms with Crippen molar-refractivity contribution >= 4 is 26.4 Å². The second-order valence-corrected chi connectivity index (χ2v) is 5.06. The SMILES string of the molecule is CCCCCCC(CCCC)C(=O)I. The highest BCUT2D eigenvalue weighted by molar-refractivity contribution is 14.1. The maximum absolute atomic E-state index is 11.3. The largest absolute Gasteiger partial charge is 0.287 e. The molecule has 84 valence electrons. The summed E-state index contributed by atoms with van der Waals surface area (Å²) in [6, 6.07) is 0. The van der Waals surface area contributed by atoms with E-state index in [0.29, 0.717) is 9.71 Å². The van der Waals surface area contributed by atoms with Crippen molar-refractivity contribution < 1.29 is 4.79 Å². The van der Waals surface area contributed by atoms with Crippen LogP contribution in [0, 0.1) is 5.92 Å². The van der Waals surface area contributed by atoms with E-state index in [1.54, 1.807) is 0 Å². The minimum absolute atomic E-state index is 0.340. The van der Waals surface area contributed by atoms with Crippen LogP contribution in [0.5, 0.6) is 0 Å². The normalized spacial score (nSPS) is 12.8. The van der Waals surface area contributed by atoms with Crippen LogP contribution in [0.2, 0.25) is 0 Å². The van der Waals surface area contributed by atoms with E-state index < -0.39 is 0 Å². The van der Waals surface area contributed by atoms with Crippen molar-refractivity contribution in [3.8, 4) is 0 Å². The molecule has 0 aliphatic carbocycles. The van der Waals surface area contributed by atoms with Crippen LogP contribution < -0.4 is 0 Å². The van der Waals surface area contributed by atoms with Crippen LogP contribution in [-0.2, 0) is 4.79 Å². The molecule has 0 saturated heterocycles. The second kappa shape index (κ2) is 9.94. The second-order valence-electron chi connectivity index (χ2n) is 3.99. The van der Waals surface area contributed by atoms with Gasteiger partial charge in [0.15, 0.2) is 3.79 Å². The molecule has 0 radical (unpaired) electrons. The van der Waals surface area contributed by atoms with Crippen LogP contribution in [0.15, 0.2) is 0 Å². The highest BCUT2D eigenvalue weighted by Crippen LogP contribution is 2.20. The van der Waals surface area contributed by atoms with Crippen molar-refractivity contribution in [2.24, 2.45) is 5.92 Å². The number of halogens is 1. The van der Waals surface area contributed by atoms with Gasteiger partial charge in [-0.25, -0.2) is 0 Å². The summed E-state index contributed by atoms with van der Waals surface area (Å²) >= 11 is 1.97. The standard InChI is InChI=1S/C12H23IO/c1-3-5-7-8-10-11(12(13)14)9-6-4-2/h11H,3-10H2,1-2H3. The third-order valence-electron chi connectivity index (χ3n) is 2.63. The van der Waals surface area contributed by atoms with Gasteiger partial charge in [0.1, 0.15) is 0 Å². The van der Waals surface area contributed by atoms with Gasteiger partial charge in [-0.3, -0.25) is 4.79 Å². The third-order valence-corrected chi connectivity index (χ3v) is 3.51. The number of rotatable bonds is 9. The Balaban J connectivity index is 3.57. The first-order valence-corrected chi connectivity index (χ1v) is 6.99. The first kappa shape index (κ1) is 14.4. The zero-order chi connectivity index (χ0) is 10.8. The van der Waals surface area contributed by atoms with Gasteiger partial charge < -0.3 is 0 Å². The van der Waals surface area contributed by atoms with E-state index in [1.165, 1.54) is 38.5 Å². The van der Waals surface area contributed by atoms with Gasteiger partial charge in [0.05, 0.1) is 0 Å². The molecule has 0 N–H and O–H groups in total. The Morgan fingerprint density at radius 3 is 2.07 bits per heavy atom. The number of unbranched alkanes of at least 4 members (excludes halogenated alkanes) is 4. The van der Waals surface area contributed by atoms with Crippen LogP contribution in [0.1, 0.15) is 65.2 Å². The molecule has 1 atom stereocenters. The van der Waals surface area contributed by atoms with E-state index in [0.717, 1.165) is 12.8 Å². The zero-order valence-electron chi connectivity index (χ0n) is 9.52. The number of hydrogen-bond donors (Lipinski definition) is 0. The van der Waals surface area contributed by atoms with Crippen molar-refractivity contribution in [1.82, 2.24) is 0 Å². The average molecular weight is 310 g/mol. The smallest absolute Gasteiger partial charge is 0.195 e. The summed E-state index contributed by atoms with van der Waals surface area (Å²) in [4.78, 5) is 11.3. The number of carbonyl (C=O) groups is 1. The number of carbonyl (C=O) groups excluding carboxylic acids is 1. The lowest BCUT2D eigenvalue weighted by Crippen LogP contribution is -2.08. The van der Waals surface area contributed by atoms with Gasteiger partial charge in [-0.2, -0.15) is 0 Å². The fourth-order valence-electron chi connectivity index (χ4n) is 1.64. The Bertz CT molecular complexity index is 145. The molecule has 0 aliphatic rings. The summed E-state index contributed by atoms with van der Waals surface area (Å²) in [7, 11) is 0. The quantitative estimate of drug-likeness (QED) is 0.342. The van der Waals surface area contributed by atoms with Crippen molar-refractivity contribution in [3.63, 3.8) is 0 Å². The van der Waals surface area contributed by atoms with Crippen molar-refractivity contribution in [1.29, 1.82) is 0 Å². The molecule has 0 amide bonds. The van der Waals surface area contributed by atoms with E-state index in [1.807, 2.05) is 22.6 Å². The molecule has 0 aromatic rings. The van der Waals surface area contributed by atoms with E-state index >= 15 is 0 Å². The molecule has 0 spiro atoms. The van der Waals surface area contributed by atoms with Crippen molar-refractivity contribution in [2.45, 2.75) is 65.2 Å². The first-order chi connectivity index (χ1) is 6.72. The summed E-state index contributed by atoms with van der Waals surface area (Å²) in [6.07, 6.45) is 9.74. The number of hydrogen-bond acceptors (Lipinski definition) is 1. The molecule has 0 fully saturated rings. The van der Waals surface area contributed by atoms with Gasteiger partial charge in [-0.1, -0.05) is 52.4 Å². The van der Waals surface area contributed by atoms with Crippen molar-refractivity contribution in [3.05, 3.63) is 0 Å². The molecule has 1 unspecified atom stereocenters. The fourth-order valence-corrected chi connectivity index (χ4v) is 2.26. The lowest BCUT2D eigenvalue weighted by atomic mass is 9.97. The summed E-state index contributed by atoms with van der Waals surface area (Å²) < 4.78 is 0.368. The summed E-state index contributed by atoms with van der Waals surface area (Å²) in [5.41, 5.74) is 0. The summed E-state index contributed by atoms with van der Waals surface area (Å²) in [6.45, 7) is 4.41. The zero-order valence-corrected chi connectivity index (χ0v) is 11.7. The molecular weight excluding hydrogens is 287 g/mol. The van der Waals surface area contributed by atoms with Gasteiger partial charge in [0.25, 0.3) is 0 Å². The lowest BCUT2D eigenvalue weighted by Gasteiger charge is -2.11. The molecule has 0 aromatic heterocycles. The maximum Gasteiger partial charge on any atom is 0.195 e.